The van der Waals surface area contributed by atoms with Crippen molar-refractivity contribution < 1.29 is 32.6 Å². The van der Waals surface area contributed by atoms with Crippen LogP contribution in [0.15, 0.2) is 127 Å². The van der Waals surface area contributed by atoms with Gasteiger partial charge in [0.1, 0.15) is 17.1 Å². The second-order valence-electron chi connectivity index (χ2n) is 14.7. The Morgan fingerprint density at radius 2 is 1.20 bits per heavy atom. The summed E-state index contributed by atoms with van der Waals surface area (Å²) in [6.07, 6.45) is -0.796. The number of methoxy groups -OCH3 is 2. The zero-order valence-electron chi connectivity index (χ0n) is 35.3. The molecule has 60 heavy (non-hydrogen) atoms. The first-order chi connectivity index (χ1) is 29.0. The van der Waals surface area contributed by atoms with Gasteiger partial charge in [-0.15, -0.1) is 0 Å². The third kappa shape index (κ3) is 11.6. The molecule has 0 aliphatic rings. The predicted octanol–water partition coefficient (Wildman–Crippen LogP) is 9.63. The normalized spacial score (nSPS) is 12.9. The van der Waals surface area contributed by atoms with Crippen molar-refractivity contribution in [3.8, 4) is 17.6 Å². The molecule has 6 aromatic rings. The number of carbonyl (C=O) groups excluding carboxylic acids is 1. The molecule has 12 heteroatoms. The van der Waals surface area contributed by atoms with Gasteiger partial charge in [-0.05, 0) is 60.0 Å². The molecule has 0 aliphatic carbocycles. The second-order valence-corrected chi connectivity index (χ2v) is 15.7. The van der Waals surface area contributed by atoms with E-state index in [4.69, 9.17) is 33.5 Å². The molecule has 314 valence electrons. The van der Waals surface area contributed by atoms with Gasteiger partial charge in [-0.2, -0.15) is 5.26 Å². The van der Waals surface area contributed by atoms with Gasteiger partial charge in [-0.3, -0.25) is 9.36 Å². The molecule has 5 aromatic carbocycles. The highest BCUT2D eigenvalue weighted by Gasteiger charge is 2.39. The van der Waals surface area contributed by atoms with E-state index in [-0.39, 0.29) is 25.5 Å². The minimum atomic E-state index is -3.04. The van der Waals surface area contributed by atoms with Gasteiger partial charge in [0, 0.05) is 22.9 Å². The minimum absolute atomic E-state index is 0.0460. The lowest BCUT2D eigenvalue weighted by atomic mass is 9.80. The molecule has 0 fully saturated rings. The van der Waals surface area contributed by atoms with Gasteiger partial charge >= 0.3 is 8.25 Å². The lowest BCUT2D eigenvalue weighted by Gasteiger charge is -2.38. The maximum absolute atomic E-state index is 14.5. The molecule has 0 aliphatic heterocycles. The molecule has 1 heterocycles. The highest BCUT2D eigenvalue weighted by Crippen LogP contribution is 2.42. The molecule has 1 aromatic heterocycles. The minimum Gasteiger partial charge on any atom is -0.497 e. The third-order valence-corrected chi connectivity index (χ3v) is 10.7. The predicted molar refractivity (Wildman–Crippen MR) is 238 cm³/mol. The van der Waals surface area contributed by atoms with Gasteiger partial charge < -0.3 is 33.9 Å². The quantitative estimate of drug-likeness (QED) is 0.0372. The number of nitriles is 1. The fourth-order valence-electron chi connectivity index (χ4n) is 7.02. The van der Waals surface area contributed by atoms with Crippen LogP contribution >= 0.6 is 8.25 Å². The first-order valence-electron chi connectivity index (χ1n) is 20.0. The van der Waals surface area contributed by atoms with Crippen LogP contribution in [-0.4, -0.2) is 62.6 Å². The van der Waals surface area contributed by atoms with E-state index in [0.29, 0.717) is 51.0 Å². The van der Waals surface area contributed by atoms with Crippen LogP contribution in [0.2, 0.25) is 0 Å². The zero-order chi connectivity index (χ0) is 43.1. The van der Waals surface area contributed by atoms with E-state index < -0.39 is 26.0 Å². The number of nitrogens with one attached hydrogen (secondary N) is 2. The molecule has 3 unspecified atom stereocenters. The largest absolute Gasteiger partial charge is 0.497 e. The molecule has 0 saturated carbocycles. The summed E-state index contributed by atoms with van der Waals surface area (Å²) in [6.45, 7) is 10.2. The van der Waals surface area contributed by atoms with E-state index in [1.807, 2.05) is 133 Å². The smallest absolute Gasteiger partial charge is 0.319 e. The highest BCUT2D eigenvalue weighted by atomic mass is 31.1. The third-order valence-electron chi connectivity index (χ3n) is 9.73. The Labute approximate surface area is 353 Å². The Kier molecular flexibility index (Phi) is 16.8. The zero-order valence-corrected chi connectivity index (χ0v) is 36.3. The number of ether oxygens (including phenoxy) is 3. The van der Waals surface area contributed by atoms with Crippen LogP contribution in [0.4, 0.5) is 0 Å². The maximum Gasteiger partial charge on any atom is 0.319 e. The summed E-state index contributed by atoms with van der Waals surface area (Å²) >= 11 is 0. The number of aromatic nitrogens is 1. The van der Waals surface area contributed by atoms with Gasteiger partial charge in [-0.25, -0.2) is 4.98 Å². The molecular formula is C48H55N4O7P. The van der Waals surface area contributed by atoms with E-state index in [1.165, 1.54) is 0 Å². The summed E-state index contributed by atoms with van der Waals surface area (Å²) in [4.78, 5) is 19.3. The average Bonchev–Trinajstić information content (AvgIpc) is 3.25. The second kappa shape index (κ2) is 22.1. The molecule has 11 nitrogen and oxygen atoms in total. The number of hydrogen-bond donors (Lipinski definition) is 2. The van der Waals surface area contributed by atoms with Crippen LogP contribution < -0.4 is 20.1 Å². The molecule has 0 spiro atoms. The summed E-state index contributed by atoms with van der Waals surface area (Å²) in [6, 6.07) is 42.4. The lowest BCUT2D eigenvalue weighted by molar-refractivity contribution is -0.0169. The van der Waals surface area contributed by atoms with Crippen molar-refractivity contribution in [2.45, 2.75) is 70.9 Å². The Morgan fingerprint density at radius 3 is 1.67 bits per heavy atom. The standard InChI is InChI=1S/C42H40N3O7P.C6H15N/c1-29(52-53(47)51-27-11-26-43)39(45-41(46)40-35-14-7-9-16-37(35)44-38-17-10-8-15-36(38)40)28-50-42(30-12-5-4-6-13-30,31-18-22-33(48-2)23-19-31)32-20-24-34(49-3)25-21-32;1-5(2)7-6(3)4/h4-10,12-25,29,39,53H,11,27-28H2,1-3H3,(H,45,46);5-7H,1-4H3. The summed E-state index contributed by atoms with van der Waals surface area (Å²) in [5.74, 6) is 0.972. The summed E-state index contributed by atoms with van der Waals surface area (Å²) in [7, 11) is 0.178. The SMILES string of the molecule is CC(C)NC(C)C.COc1ccc(C(OCC(NC(=O)c2c3ccccc3nc3ccccc23)C(C)O[PH](=O)OCCC#N)(c2ccccc2)c2ccc(OC)cc2)cc1. The fraction of sp³-hybridized carbons (Fsp3) is 0.312. The number of fused-ring (bicyclic) bond motifs is 2. The van der Waals surface area contributed by atoms with Crippen LogP contribution in [-0.2, 0) is 24.0 Å². The molecule has 3 atom stereocenters. The van der Waals surface area contributed by atoms with E-state index in [2.05, 4.69) is 38.3 Å². The van der Waals surface area contributed by atoms with Gasteiger partial charge in [0.05, 0.1) is 68.7 Å². The number of benzene rings is 5. The first-order valence-corrected chi connectivity index (χ1v) is 21.3. The van der Waals surface area contributed by atoms with Crippen LogP contribution in [0, 0.1) is 11.3 Å². The molecule has 0 saturated heterocycles. The highest BCUT2D eigenvalue weighted by molar-refractivity contribution is 7.33. The number of hydrogen-bond acceptors (Lipinski definition) is 10. The van der Waals surface area contributed by atoms with Gasteiger partial charge in [0.25, 0.3) is 5.91 Å². The average molecular weight is 831 g/mol. The van der Waals surface area contributed by atoms with Crippen molar-refractivity contribution in [1.82, 2.24) is 15.6 Å². The van der Waals surface area contributed by atoms with Crippen molar-refractivity contribution in [2.24, 2.45) is 0 Å². The van der Waals surface area contributed by atoms with Gasteiger partial charge in [0.2, 0.25) is 0 Å². The molecule has 2 N–H and O–H groups in total. The molecule has 1 amide bonds. The summed E-state index contributed by atoms with van der Waals surface area (Å²) < 4.78 is 42.3. The van der Waals surface area contributed by atoms with Crippen molar-refractivity contribution >= 4 is 36.0 Å². The van der Waals surface area contributed by atoms with Crippen molar-refractivity contribution in [3.63, 3.8) is 0 Å². The molecule has 0 bridgehead atoms. The Morgan fingerprint density at radius 1 is 0.717 bits per heavy atom. The van der Waals surface area contributed by atoms with Crippen molar-refractivity contribution in [1.29, 1.82) is 5.26 Å². The van der Waals surface area contributed by atoms with E-state index in [1.54, 1.807) is 21.1 Å². The number of amides is 1. The summed E-state index contributed by atoms with van der Waals surface area (Å²) in [5, 5.41) is 16.8. The molecule has 6 rings (SSSR count). The molecule has 0 radical (unpaired) electrons. The first kappa shape index (κ1) is 45.5. The van der Waals surface area contributed by atoms with E-state index in [9.17, 15) is 9.36 Å². The van der Waals surface area contributed by atoms with Crippen LogP contribution in [0.5, 0.6) is 11.5 Å². The number of rotatable bonds is 18. The Bertz CT molecular complexity index is 2240. The van der Waals surface area contributed by atoms with Crippen LogP contribution in [0.3, 0.4) is 0 Å². The number of nitrogens with zero attached hydrogens (tertiary/aromatic N) is 2. The van der Waals surface area contributed by atoms with Crippen molar-refractivity contribution in [2.75, 3.05) is 27.4 Å². The van der Waals surface area contributed by atoms with Crippen molar-refractivity contribution in [3.05, 3.63) is 150 Å². The maximum atomic E-state index is 14.5. The lowest BCUT2D eigenvalue weighted by Crippen LogP contribution is -2.48. The topological polar surface area (TPSA) is 141 Å². The van der Waals surface area contributed by atoms with E-state index >= 15 is 0 Å². The van der Waals surface area contributed by atoms with Crippen LogP contribution in [0.1, 0.15) is 68.1 Å². The van der Waals surface area contributed by atoms with Crippen LogP contribution in [0.25, 0.3) is 21.8 Å². The Hall–Kier alpha value is -5.60. The number of carbonyl (C=O) groups is 1. The van der Waals surface area contributed by atoms with E-state index in [0.717, 1.165) is 16.7 Å². The molecular weight excluding hydrogens is 776 g/mol. The van der Waals surface area contributed by atoms with Gasteiger partial charge in [-0.1, -0.05) is 119 Å². The monoisotopic (exact) mass is 830 g/mol. The Balaban J connectivity index is 0.000000896. The fourth-order valence-corrected chi connectivity index (χ4v) is 7.83. The van der Waals surface area contributed by atoms with Gasteiger partial charge in [0.15, 0.2) is 0 Å². The summed E-state index contributed by atoms with van der Waals surface area (Å²) in [5.41, 5.74) is 3.01. The number of para-hydroxylation sites is 2. The number of pyridine rings is 1.